The minimum absolute atomic E-state index is 0.100. The van der Waals surface area contributed by atoms with E-state index in [1.165, 1.54) is 4.90 Å². The Hall–Kier alpha value is -1.79. The first-order chi connectivity index (χ1) is 10.0. The largest absolute Gasteiger partial charge is 0.480 e. The highest BCUT2D eigenvalue weighted by atomic mass is 16.4. The number of hydrogen-bond donors (Lipinski definition) is 1. The second-order valence-corrected chi connectivity index (χ2v) is 5.55. The fraction of sp³-hybridized carbons (Fsp3) is 0.786. The highest BCUT2D eigenvalue weighted by Crippen LogP contribution is 2.19. The van der Waals surface area contributed by atoms with Crippen molar-refractivity contribution in [2.75, 3.05) is 32.7 Å². The molecule has 0 saturated carbocycles. The summed E-state index contributed by atoms with van der Waals surface area (Å²) in [6, 6.07) is -0.910. The molecule has 2 saturated heterocycles. The summed E-state index contributed by atoms with van der Waals surface area (Å²) in [6.07, 6.45) is 2.69. The molecule has 118 valence electrons. The monoisotopic (exact) mass is 297 g/mol. The van der Waals surface area contributed by atoms with Crippen molar-refractivity contribution in [1.29, 1.82) is 0 Å². The molecule has 0 unspecified atom stereocenters. The van der Waals surface area contributed by atoms with E-state index in [-0.39, 0.29) is 11.9 Å². The Balaban J connectivity index is 1.94. The van der Waals surface area contributed by atoms with Gasteiger partial charge in [0.2, 0.25) is 5.91 Å². The molecule has 2 aliphatic rings. The van der Waals surface area contributed by atoms with Crippen LogP contribution in [0.2, 0.25) is 0 Å². The number of piperidine rings is 1. The van der Waals surface area contributed by atoms with Crippen LogP contribution in [0, 0.1) is 0 Å². The van der Waals surface area contributed by atoms with E-state index in [2.05, 4.69) is 0 Å². The molecule has 2 fully saturated rings. The van der Waals surface area contributed by atoms with Crippen LogP contribution in [0.1, 0.15) is 32.6 Å². The van der Waals surface area contributed by atoms with Gasteiger partial charge in [0.1, 0.15) is 6.04 Å². The van der Waals surface area contributed by atoms with Gasteiger partial charge in [-0.05, 0) is 19.3 Å². The first-order valence-electron chi connectivity index (χ1n) is 7.60. The molecule has 21 heavy (non-hydrogen) atoms. The number of likely N-dealkylation sites (tertiary alicyclic amines) is 1. The minimum atomic E-state index is -0.928. The molecule has 0 aliphatic carbocycles. The number of rotatable bonds is 2. The average Bonchev–Trinajstić information content (AvgIpc) is 2.53. The molecule has 0 spiro atoms. The lowest BCUT2D eigenvalue weighted by atomic mass is 10.0. The third kappa shape index (κ3) is 3.46. The second-order valence-electron chi connectivity index (χ2n) is 5.55. The van der Waals surface area contributed by atoms with Gasteiger partial charge in [-0.15, -0.1) is 0 Å². The number of piperazine rings is 1. The van der Waals surface area contributed by atoms with E-state index in [1.54, 1.807) is 9.80 Å². The van der Waals surface area contributed by atoms with E-state index in [1.807, 2.05) is 6.92 Å². The number of carboxylic acid groups (broad SMARTS) is 1. The van der Waals surface area contributed by atoms with Gasteiger partial charge < -0.3 is 19.8 Å². The predicted molar refractivity (Wildman–Crippen MR) is 75.8 cm³/mol. The Labute approximate surface area is 124 Å². The number of nitrogens with zero attached hydrogens (tertiary/aromatic N) is 3. The van der Waals surface area contributed by atoms with Crippen molar-refractivity contribution in [1.82, 2.24) is 14.7 Å². The van der Waals surface area contributed by atoms with Gasteiger partial charge in [0.25, 0.3) is 0 Å². The SMILES string of the molecule is CCC(=O)N1CCN(C(=O)N2CCCC[C@H]2C(=O)O)CC1. The predicted octanol–water partition coefficient (Wildman–Crippen LogP) is 0.600. The molecule has 2 aliphatic heterocycles. The van der Waals surface area contributed by atoms with Gasteiger partial charge in [-0.25, -0.2) is 9.59 Å². The van der Waals surface area contributed by atoms with E-state index >= 15 is 0 Å². The number of carbonyl (C=O) groups is 3. The van der Waals surface area contributed by atoms with Crippen molar-refractivity contribution in [3.63, 3.8) is 0 Å². The van der Waals surface area contributed by atoms with Crippen molar-refractivity contribution in [3.05, 3.63) is 0 Å². The van der Waals surface area contributed by atoms with Gasteiger partial charge in [-0.2, -0.15) is 0 Å². The lowest BCUT2D eigenvalue weighted by Crippen LogP contribution is -2.58. The first-order valence-corrected chi connectivity index (χ1v) is 7.60. The summed E-state index contributed by atoms with van der Waals surface area (Å²) in [6.45, 7) is 4.35. The zero-order valence-electron chi connectivity index (χ0n) is 12.5. The molecular formula is C14H23N3O4. The number of urea groups is 1. The molecule has 3 amide bonds. The Morgan fingerprint density at radius 1 is 1.00 bits per heavy atom. The third-order valence-electron chi connectivity index (χ3n) is 4.24. The fourth-order valence-corrected chi connectivity index (χ4v) is 2.97. The van der Waals surface area contributed by atoms with Gasteiger partial charge in [0, 0.05) is 39.1 Å². The normalized spacial score (nSPS) is 23.1. The zero-order chi connectivity index (χ0) is 15.4. The number of aliphatic carboxylic acids is 1. The van der Waals surface area contributed by atoms with Crippen molar-refractivity contribution in [2.24, 2.45) is 0 Å². The van der Waals surface area contributed by atoms with Crippen molar-refractivity contribution >= 4 is 17.9 Å². The van der Waals surface area contributed by atoms with Gasteiger partial charge in [-0.3, -0.25) is 4.79 Å². The number of hydrogen-bond acceptors (Lipinski definition) is 3. The molecule has 0 aromatic rings. The van der Waals surface area contributed by atoms with Crippen LogP contribution in [-0.4, -0.2) is 76.5 Å². The van der Waals surface area contributed by atoms with E-state index in [0.717, 1.165) is 12.8 Å². The van der Waals surface area contributed by atoms with Gasteiger partial charge in [0.15, 0.2) is 0 Å². The lowest BCUT2D eigenvalue weighted by Gasteiger charge is -2.40. The standard InChI is InChI=1S/C14H23N3O4/c1-2-12(18)15-7-9-16(10-8-15)14(21)17-6-4-3-5-11(17)13(19)20/h11H,2-10H2,1H3,(H,19,20)/t11-/m0/s1. The van der Waals surface area contributed by atoms with Crippen LogP contribution in [0.15, 0.2) is 0 Å². The first kappa shape index (κ1) is 15.6. The van der Waals surface area contributed by atoms with Crippen LogP contribution in [0.4, 0.5) is 4.79 Å². The number of carboxylic acids is 1. The van der Waals surface area contributed by atoms with E-state index in [4.69, 9.17) is 0 Å². The van der Waals surface area contributed by atoms with E-state index in [9.17, 15) is 19.5 Å². The van der Waals surface area contributed by atoms with E-state index < -0.39 is 12.0 Å². The highest BCUT2D eigenvalue weighted by Gasteiger charge is 2.35. The zero-order valence-corrected chi connectivity index (χ0v) is 12.5. The summed E-state index contributed by atoms with van der Waals surface area (Å²) in [5.41, 5.74) is 0. The van der Waals surface area contributed by atoms with Crippen molar-refractivity contribution in [2.45, 2.75) is 38.6 Å². The Kier molecular flexibility index (Phi) is 5.03. The van der Waals surface area contributed by atoms with Crippen molar-refractivity contribution in [3.8, 4) is 0 Å². The lowest BCUT2D eigenvalue weighted by molar-refractivity contribution is -0.143. The van der Waals surface area contributed by atoms with Crippen LogP contribution in [0.25, 0.3) is 0 Å². The number of amides is 3. The van der Waals surface area contributed by atoms with E-state index in [0.29, 0.717) is 45.6 Å². The van der Waals surface area contributed by atoms with Gasteiger partial charge in [-0.1, -0.05) is 6.92 Å². The molecule has 0 bridgehead atoms. The molecule has 1 atom stereocenters. The summed E-state index contributed by atoms with van der Waals surface area (Å²) in [5.74, 6) is -0.827. The van der Waals surface area contributed by atoms with Crippen LogP contribution in [-0.2, 0) is 9.59 Å². The molecule has 0 aromatic heterocycles. The smallest absolute Gasteiger partial charge is 0.326 e. The average molecular weight is 297 g/mol. The third-order valence-corrected chi connectivity index (χ3v) is 4.24. The Morgan fingerprint density at radius 2 is 1.62 bits per heavy atom. The highest BCUT2D eigenvalue weighted by molar-refractivity contribution is 5.83. The summed E-state index contributed by atoms with van der Waals surface area (Å²) in [7, 11) is 0. The van der Waals surface area contributed by atoms with Gasteiger partial charge in [0.05, 0.1) is 0 Å². The molecule has 0 aromatic carbocycles. The topological polar surface area (TPSA) is 81.2 Å². The second kappa shape index (κ2) is 6.78. The molecule has 7 heteroatoms. The summed E-state index contributed by atoms with van der Waals surface area (Å²) >= 11 is 0. The van der Waals surface area contributed by atoms with Crippen LogP contribution in [0.3, 0.4) is 0 Å². The van der Waals surface area contributed by atoms with Crippen LogP contribution < -0.4 is 0 Å². The number of carbonyl (C=O) groups excluding carboxylic acids is 2. The molecular weight excluding hydrogens is 274 g/mol. The maximum Gasteiger partial charge on any atom is 0.326 e. The molecule has 0 radical (unpaired) electrons. The maximum absolute atomic E-state index is 12.5. The van der Waals surface area contributed by atoms with Crippen LogP contribution in [0.5, 0.6) is 0 Å². The molecule has 7 nitrogen and oxygen atoms in total. The summed E-state index contributed by atoms with van der Waals surface area (Å²) < 4.78 is 0. The van der Waals surface area contributed by atoms with Gasteiger partial charge >= 0.3 is 12.0 Å². The van der Waals surface area contributed by atoms with Crippen LogP contribution >= 0.6 is 0 Å². The molecule has 1 N–H and O–H groups in total. The quantitative estimate of drug-likeness (QED) is 0.809. The summed E-state index contributed by atoms with van der Waals surface area (Å²) in [5, 5.41) is 9.24. The Bertz CT molecular complexity index is 418. The molecule has 2 heterocycles. The Morgan fingerprint density at radius 3 is 2.19 bits per heavy atom. The maximum atomic E-state index is 12.5. The van der Waals surface area contributed by atoms with Crippen molar-refractivity contribution < 1.29 is 19.5 Å². The fourth-order valence-electron chi connectivity index (χ4n) is 2.97. The summed E-state index contributed by atoms with van der Waals surface area (Å²) in [4.78, 5) is 40.3. The minimum Gasteiger partial charge on any atom is -0.480 e. The molecule has 2 rings (SSSR count).